The van der Waals surface area contributed by atoms with Crippen molar-refractivity contribution in [3.8, 4) is 0 Å². The first-order valence-corrected chi connectivity index (χ1v) is 6.36. The highest BCUT2D eigenvalue weighted by Gasteiger charge is 2.10. The third-order valence-electron chi connectivity index (χ3n) is 2.96. The fraction of sp³-hybridized carbons (Fsp3) is 0.600. The molecule has 0 saturated heterocycles. The van der Waals surface area contributed by atoms with Gasteiger partial charge in [0.2, 0.25) is 0 Å². The smallest absolute Gasteiger partial charge is 0.0368 e. The zero-order chi connectivity index (χ0) is 13.1. The number of hydrogen-bond donors (Lipinski definition) is 1. The van der Waals surface area contributed by atoms with Gasteiger partial charge in [0.25, 0.3) is 0 Å². The molecule has 1 aromatic rings. The van der Waals surface area contributed by atoms with Crippen LogP contribution in [0.3, 0.4) is 0 Å². The van der Waals surface area contributed by atoms with E-state index < -0.39 is 0 Å². The van der Waals surface area contributed by atoms with Crippen LogP contribution in [0, 0.1) is 13.8 Å². The second kappa shape index (κ2) is 5.54. The first-order chi connectivity index (χ1) is 7.78. The molecular formula is C15H26N2. The van der Waals surface area contributed by atoms with Gasteiger partial charge in [-0.25, -0.2) is 0 Å². The fourth-order valence-corrected chi connectivity index (χ4v) is 2.07. The first-order valence-electron chi connectivity index (χ1n) is 6.36. The average Bonchev–Trinajstić information content (AvgIpc) is 2.13. The van der Waals surface area contributed by atoms with Crippen LogP contribution in [0.5, 0.6) is 0 Å². The summed E-state index contributed by atoms with van der Waals surface area (Å²) in [4.78, 5) is 2.31. The van der Waals surface area contributed by atoms with Gasteiger partial charge in [-0.05, 0) is 63.8 Å². The molecule has 0 amide bonds. The lowest BCUT2D eigenvalue weighted by atomic mass is 10.00. The number of nitrogens with zero attached hydrogens (tertiary/aromatic N) is 1. The van der Waals surface area contributed by atoms with Crippen molar-refractivity contribution in [3.63, 3.8) is 0 Å². The number of nitrogens with two attached hydrogens (primary N) is 1. The lowest BCUT2D eigenvalue weighted by Crippen LogP contribution is -2.33. The molecular weight excluding hydrogens is 208 g/mol. The molecule has 0 spiro atoms. The molecule has 0 saturated carbocycles. The van der Waals surface area contributed by atoms with Crippen LogP contribution < -0.4 is 10.6 Å². The van der Waals surface area contributed by atoms with Gasteiger partial charge in [-0.2, -0.15) is 0 Å². The van der Waals surface area contributed by atoms with E-state index in [0.717, 1.165) is 19.4 Å². The van der Waals surface area contributed by atoms with Gasteiger partial charge in [0, 0.05) is 24.8 Å². The van der Waals surface area contributed by atoms with Gasteiger partial charge in [0.05, 0.1) is 0 Å². The highest BCUT2D eigenvalue weighted by molar-refractivity contribution is 5.50. The van der Waals surface area contributed by atoms with Crippen LogP contribution in [0.4, 0.5) is 5.69 Å². The van der Waals surface area contributed by atoms with Crippen molar-refractivity contribution in [1.29, 1.82) is 0 Å². The number of benzene rings is 1. The van der Waals surface area contributed by atoms with E-state index in [9.17, 15) is 0 Å². The molecule has 0 aliphatic carbocycles. The zero-order valence-corrected chi connectivity index (χ0v) is 11.9. The molecule has 1 aromatic carbocycles. The van der Waals surface area contributed by atoms with Crippen LogP contribution in [0.1, 0.15) is 37.8 Å². The largest absolute Gasteiger partial charge is 0.375 e. The normalized spacial score (nSPS) is 11.6. The van der Waals surface area contributed by atoms with Crippen molar-refractivity contribution < 1.29 is 0 Å². The number of anilines is 1. The van der Waals surface area contributed by atoms with Crippen molar-refractivity contribution in [3.05, 3.63) is 29.3 Å². The predicted octanol–water partition coefficient (Wildman–Crippen LogP) is 3.26. The Morgan fingerprint density at radius 3 is 2.12 bits per heavy atom. The second-order valence-electron chi connectivity index (χ2n) is 5.86. The van der Waals surface area contributed by atoms with Crippen LogP contribution in [0.2, 0.25) is 0 Å². The van der Waals surface area contributed by atoms with Crippen molar-refractivity contribution in [2.24, 2.45) is 5.73 Å². The minimum atomic E-state index is -0.0522. The van der Waals surface area contributed by atoms with Crippen molar-refractivity contribution in [2.75, 3.05) is 18.5 Å². The van der Waals surface area contributed by atoms with E-state index in [1.165, 1.54) is 16.8 Å². The molecule has 2 nitrogen and oxygen atoms in total. The summed E-state index contributed by atoms with van der Waals surface area (Å²) >= 11 is 0. The van der Waals surface area contributed by atoms with Gasteiger partial charge < -0.3 is 10.6 Å². The van der Waals surface area contributed by atoms with E-state index in [1.54, 1.807) is 0 Å². The van der Waals surface area contributed by atoms with Crippen LogP contribution in [-0.2, 0) is 0 Å². The van der Waals surface area contributed by atoms with Crippen molar-refractivity contribution in [2.45, 2.75) is 46.1 Å². The van der Waals surface area contributed by atoms with Crippen LogP contribution in [0.15, 0.2) is 18.2 Å². The number of aryl methyl sites for hydroxylation is 2. The van der Waals surface area contributed by atoms with Crippen molar-refractivity contribution in [1.82, 2.24) is 0 Å². The molecule has 2 N–H and O–H groups in total. The molecule has 0 aromatic heterocycles. The monoisotopic (exact) mass is 234 g/mol. The maximum Gasteiger partial charge on any atom is 0.0368 e. The molecule has 2 heteroatoms. The van der Waals surface area contributed by atoms with E-state index >= 15 is 0 Å². The summed E-state index contributed by atoms with van der Waals surface area (Å²) in [5, 5.41) is 0. The summed E-state index contributed by atoms with van der Waals surface area (Å²) in [6, 6.07) is 6.68. The third-order valence-corrected chi connectivity index (χ3v) is 2.96. The average molecular weight is 234 g/mol. The standard InChI is InChI=1S/C15H26N2/c1-12-9-13(2)11-14(10-12)17(5)8-6-7-15(3,4)16/h9-11H,6-8,16H2,1-5H3. The van der Waals surface area contributed by atoms with Crippen molar-refractivity contribution >= 4 is 5.69 Å². The van der Waals surface area contributed by atoms with Gasteiger partial charge in [0.1, 0.15) is 0 Å². The molecule has 0 heterocycles. The maximum atomic E-state index is 5.99. The van der Waals surface area contributed by atoms with Crippen LogP contribution >= 0.6 is 0 Å². The first kappa shape index (κ1) is 14.0. The number of rotatable bonds is 5. The SMILES string of the molecule is Cc1cc(C)cc(N(C)CCCC(C)(C)N)c1. The van der Waals surface area contributed by atoms with E-state index in [4.69, 9.17) is 5.73 Å². The maximum absolute atomic E-state index is 5.99. The molecule has 0 aliphatic heterocycles. The lowest BCUT2D eigenvalue weighted by Gasteiger charge is -2.23. The Balaban J connectivity index is 2.55. The number of hydrogen-bond acceptors (Lipinski definition) is 2. The molecule has 0 fully saturated rings. The van der Waals surface area contributed by atoms with Crippen LogP contribution in [0.25, 0.3) is 0 Å². The van der Waals surface area contributed by atoms with Crippen LogP contribution in [-0.4, -0.2) is 19.1 Å². The minimum Gasteiger partial charge on any atom is -0.375 e. The quantitative estimate of drug-likeness (QED) is 0.847. The summed E-state index contributed by atoms with van der Waals surface area (Å²) in [6.45, 7) is 9.53. The Bertz CT molecular complexity index is 343. The highest BCUT2D eigenvalue weighted by Crippen LogP contribution is 2.18. The Kier molecular flexibility index (Phi) is 4.58. The topological polar surface area (TPSA) is 29.3 Å². The second-order valence-corrected chi connectivity index (χ2v) is 5.86. The third kappa shape index (κ3) is 5.22. The molecule has 1 rings (SSSR count). The Hall–Kier alpha value is -1.02. The lowest BCUT2D eigenvalue weighted by molar-refractivity contribution is 0.460. The van der Waals surface area contributed by atoms with Gasteiger partial charge in [-0.1, -0.05) is 6.07 Å². The Labute approximate surface area is 106 Å². The molecule has 0 atom stereocenters. The van der Waals surface area contributed by atoms with E-state index in [0.29, 0.717) is 0 Å². The van der Waals surface area contributed by atoms with E-state index in [2.05, 4.69) is 57.8 Å². The van der Waals surface area contributed by atoms with Gasteiger partial charge in [-0.3, -0.25) is 0 Å². The van der Waals surface area contributed by atoms with E-state index in [1.807, 2.05) is 0 Å². The molecule has 0 radical (unpaired) electrons. The fourth-order valence-electron chi connectivity index (χ4n) is 2.07. The summed E-state index contributed by atoms with van der Waals surface area (Å²) < 4.78 is 0. The Morgan fingerprint density at radius 2 is 1.65 bits per heavy atom. The Morgan fingerprint density at radius 1 is 1.12 bits per heavy atom. The van der Waals surface area contributed by atoms with Gasteiger partial charge in [0.15, 0.2) is 0 Å². The summed E-state index contributed by atoms with van der Waals surface area (Å²) in [5.41, 5.74) is 9.89. The molecule has 96 valence electrons. The highest BCUT2D eigenvalue weighted by atomic mass is 15.1. The van der Waals surface area contributed by atoms with E-state index in [-0.39, 0.29) is 5.54 Å². The predicted molar refractivity (Wildman–Crippen MR) is 76.7 cm³/mol. The summed E-state index contributed by atoms with van der Waals surface area (Å²) in [5.74, 6) is 0. The zero-order valence-electron chi connectivity index (χ0n) is 11.9. The van der Waals surface area contributed by atoms with Gasteiger partial charge in [-0.15, -0.1) is 0 Å². The minimum absolute atomic E-state index is 0.0522. The summed E-state index contributed by atoms with van der Waals surface area (Å²) in [7, 11) is 2.15. The molecule has 17 heavy (non-hydrogen) atoms. The molecule has 0 aliphatic rings. The summed E-state index contributed by atoms with van der Waals surface area (Å²) in [6.07, 6.45) is 2.19. The van der Waals surface area contributed by atoms with Gasteiger partial charge >= 0.3 is 0 Å². The molecule has 0 bridgehead atoms. The molecule has 0 unspecified atom stereocenters.